The zero-order valence-corrected chi connectivity index (χ0v) is 9.04. The van der Waals surface area contributed by atoms with E-state index in [4.69, 9.17) is 0 Å². The second-order valence-corrected chi connectivity index (χ2v) is 4.53. The topological polar surface area (TPSA) is 6.48 Å². The SMILES string of the molecule is C[C@@H]1CN(C)[C@H](C)C[C@@H]1N(C)C. The third-order valence-electron chi connectivity index (χ3n) is 3.23. The van der Waals surface area contributed by atoms with Crippen molar-refractivity contribution in [3.63, 3.8) is 0 Å². The van der Waals surface area contributed by atoms with E-state index in [0.717, 1.165) is 18.0 Å². The Bertz CT molecular complexity index is 145. The molecular formula is C10H22N2. The molecule has 3 atom stereocenters. The summed E-state index contributed by atoms with van der Waals surface area (Å²) in [5.41, 5.74) is 0. The van der Waals surface area contributed by atoms with Crippen LogP contribution in [0.3, 0.4) is 0 Å². The van der Waals surface area contributed by atoms with E-state index in [9.17, 15) is 0 Å². The van der Waals surface area contributed by atoms with Crippen molar-refractivity contribution in [1.29, 1.82) is 0 Å². The van der Waals surface area contributed by atoms with Crippen LogP contribution in [0.4, 0.5) is 0 Å². The molecule has 0 spiro atoms. The van der Waals surface area contributed by atoms with Gasteiger partial charge in [-0.25, -0.2) is 0 Å². The zero-order chi connectivity index (χ0) is 9.30. The molecule has 0 aliphatic carbocycles. The first-order chi connectivity index (χ1) is 5.52. The van der Waals surface area contributed by atoms with E-state index < -0.39 is 0 Å². The number of piperidine rings is 1. The van der Waals surface area contributed by atoms with Crippen LogP contribution in [0.2, 0.25) is 0 Å². The van der Waals surface area contributed by atoms with Crippen LogP contribution in [-0.2, 0) is 0 Å². The van der Waals surface area contributed by atoms with E-state index in [2.05, 4.69) is 44.8 Å². The van der Waals surface area contributed by atoms with Gasteiger partial charge in [-0.05, 0) is 40.4 Å². The van der Waals surface area contributed by atoms with Crippen LogP contribution >= 0.6 is 0 Å². The van der Waals surface area contributed by atoms with Gasteiger partial charge in [-0.3, -0.25) is 0 Å². The maximum absolute atomic E-state index is 2.46. The van der Waals surface area contributed by atoms with Crippen molar-refractivity contribution in [3.05, 3.63) is 0 Å². The molecule has 1 saturated heterocycles. The second kappa shape index (κ2) is 3.75. The molecule has 12 heavy (non-hydrogen) atoms. The average molecular weight is 170 g/mol. The molecule has 1 heterocycles. The van der Waals surface area contributed by atoms with Crippen molar-refractivity contribution in [2.75, 3.05) is 27.7 Å². The first-order valence-corrected chi connectivity index (χ1v) is 4.89. The quantitative estimate of drug-likeness (QED) is 0.585. The fourth-order valence-electron chi connectivity index (χ4n) is 2.24. The highest BCUT2D eigenvalue weighted by Gasteiger charge is 2.29. The van der Waals surface area contributed by atoms with E-state index in [1.807, 2.05) is 0 Å². The molecule has 2 heteroatoms. The Balaban J connectivity index is 2.55. The molecule has 0 aromatic rings. The smallest absolute Gasteiger partial charge is 0.0142 e. The van der Waals surface area contributed by atoms with Gasteiger partial charge in [0.15, 0.2) is 0 Å². The van der Waals surface area contributed by atoms with Gasteiger partial charge in [-0.15, -0.1) is 0 Å². The van der Waals surface area contributed by atoms with Gasteiger partial charge in [-0.1, -0.05) is 6.92 Å². The molecular weight excluding hydrogens is 148 g/mol. The van der Waals surface area contributed by atoms with Gasteiger partial charge in [0.2, 0.25) is 0 Å². The number of nitrogens with zero attached hydrogens (tertiary/aromatic N) is 2. The molecule has 0 radical (unpaired) electrons. The Morgan fingerprint density at radius 3 is 2.33 bits per heavy atom. The highest BCUT2D eigenvalue weighted by Crippen LogP contribution is 2.23. The van der Waals surface area contributed by atoms with Gasteiger partial charge in [0.1, 0.15) is 0 Å². The minimum atomic E-state index is 0.744. The first kappa shape index (κ1) is 10.0. The Labute approximate surface area is 76.5 Å². The summed E-state index contributed by atoms with van der Waals surface area (Å²) >= 11 is 0. The molecule has 1 aliphatic rings. The maximum atomic E-state index is 2.46. The maximum Gasteiger partial charge on any atom is 0.0142 e. The van der Waals surface area contributed by atoms with Gasteiger partial charge >= 0.3 is 0 Å². The molecule has 72 valence electrons. The van der Waals surface area contributed by atoms with Gasteiger partial charge in [0, 0.05) is 18.6 Å². The largest absolute Gasteiger partial charge is 0.306 e. The summed E-state index contributed by atoms with van der Waals surface area (Å²) in [5.74, 6) is 0.807. The molecule has 0 amide bonds. The molecule has 1 rings (SSSR count). The van der Waals surface area contributed by atoms with Gasteiger partial charge in [-0.2, -0.15) is 0 Å². The minimum Gasteiger partial charge on any atom is -0.306 e. The fourth-order valence-corrected chi connectivity index (χ4v) is 2.24. The van der Waals surface area contributed by atoms with Crippen molar-refractivity contribution in [2.24, 2.45) is 5.92 Å². The number of hydrogen-bond acceptors (Lipinski definition) is 2. The lowest BCUT2D eigenvalue weighted by molar-refractivity contribution is 0.0726. The van der Waals surface area contributed by atoms with E-state index in [1.54, 1.807) is 0 Å². The Morgan fingerprint density at radius 2 is 1.83 bits per heavy atom. The van der Waals surface area contributed by atoms with Gasteiger partial charge < -0.3 is 9.80 Å². The molecule has 0 bridgehead atoms. The van der Waals surface area contributed by atoms with Crippen LogP contribution in [0, 0.1) is 5.92 Å². The lowest BCUT2D eigenvalue weighted by atomic mass is 9.89. The third-order valence-corrected chi connectivity index (χ3v) is 3.23. The third kappa shape index (κ3) is 1.99. The molecule has 0 aromatic heterocycles. The van der Waals surface area contributed by atoms with Crippen LogP contribution in [0.15, 0.2) is 0 Å². The summed E-state index contributed by atoms with van der Waals surface area (Å²) in [7, 11) is 6.62. The summed E-state index contributed by atoms with van der Waals surface area (Å²) in [6, 6.07) is 1.52. The Kier molecular flexibility index (Phi) is 3.13. The number of rotatable bonds is 1. The lowest BCUT2D eigenvalue weighted by Gasteiger charge is -2.42. The van der Waals surface area contributed by atoms with Crippen molar-refractivity contribution in [1.82, 2.24) is 9.80 Å². The summed E-state index contributed by atoms with van der Waals surface area (Å²) in [5, 5.41) is 0. The monoisotopic (exact) mass is 170 g/mol. The minimum absolute atomic E-state index is 0.744. The normalized spacial score (nSPS) is 39.0. The van der Waals surface area contributed by atoms with E-state index in [0.29, 0.717) is 0 Å². The highest BCUT2D eigenvalue weighted by atomic mass is 15.2. The lowest BCUT2D eigenvalue weighted by Crippen LogP contribution is -2.50. The van der Waals surface area contributed by atoms with Crippen molar-refractivity contribution >= 4 is 0 Å². The van der Waals surface area contributed by atoms with Crippen molar-refractivity contribution < 1.29 is 0 Å². The molecule has 0 N–H and O–H groups in total. The standard InChI is InChI=1S/C10H22N2/c1-8-7-12(5)9(2)6-10(8)11(3)4/h8-10H,6-7H2,1-5H3/t8-,9-,10+/m1/s1. The zero-order valence-electron chi connectivity index (χ0n) is 9.04. The number of hydrogen-bond donors (Lipinski definition) is 0. The summed E-state index contributed by atoms with van der Waals surface area (Å²) in [6.45, 7) is 5.92. The van der Waals surface area contributed by atoms with Crippen molar-refractivity contribution in [2.45, 2.75) is 32.4 Å². The predicted molar refractivity (Wildman–Crippen MR) is 53.3 cm³/mol. The Hall–Kier alpha value is -0.0800. The summed E-state index contributed by atoms with van der Waals surface area (Å²) in [4.78, 5) is 4.83. The van der Waals surface area contributed by atoms with Gasteiger partial charge in [0.25, 0.3) is 0 Å². The summed E-state index contributed by atoms with van der Waals surface area (Å²) in [6.07, 6.45) is 1.31. The van der Waals surface area contributed by atoms with Gasteiger partial charge in [0.05, 0.1) is 0 Å². The van der Waals surface area contributed by atoms with Crippen LogP contribution in [0.5, 0.6) is 0 Å². The van der Waals surface area contributed by atoms with Crippen LogP contribution in [0.1, 0.15) is 20.3 Å². The van der Waals surface area contributed by atoms with Crippen LogP contribution in [-0.4, -0.2) is 49.6 Å². The van der Waals surface area contributed by atoms with E-state index >= 15 is 0 Å². The molecule has 0 saturated carbocycles. The summed E-state index contributed by atoms with van der Waals surface area (Å²) < 4.78 is 0. The molecule has 1 aliphatic heterocycles. The van der Waals surface area contributed by atoms with Crippen LogP contribution in [0.25, 0.3) is 0 Å². The molecule has 0 aromatic carbocycles. The van der Waals surface area contributed by atoms with Crippen molar-refractivity contribution in [3.8, 4) is 0 Å². The average Bonchev–Trinajstić information content (AvgIpc) is 1.96. The van der Waals surface area contributed by atoms with E-state index in [1.165, 1.54) is 13.0 Å². The molecule has 2 nitrogen and oxygen atoms in total. The predicted octanol–water partition coefficient (Wildman–Crippen LogP) is 1.28. The number of likely N-dealkylation sites (tertiary alicyclic amines) is 1. The Morgan fingerprint density at radius 1 is 1.25 bits per heavy atom. The molecule has 1 fully saturated rings. The fraction of sp³-hybridized carbons (Fsp3) is 1.00. The molecule has 0 unspecified atom stereocenters. The first-order valence-electron chi connectivity index (χ1n) is 4.89. The highest BCUT2D eigenvalue weighted by molar-refractivity contribution is 4.85. The second-order valence-electron chi connectivity index (χ2n) is 4.53. The van der Waals surface area contributed by atoms with E-state index in [-0.39, 0.29) is 0 Å². The van der Waals surface area contributed by atoms with Crippen LogP contribution < -0.4 is 0 Å².